The van der Waals surface area contributed by atoms with Gasteiger partial charge in [0, 0.05) is 10.6 Å². The minimum Gasteiger partial charge on any atom is -0.306 e. The van der Waals surface area contributed by atoms with Crippen LogP contribution in [0.2, 0.25) is 0 Å². The fourth-order valence-corrected chi connectivity index (χ4v) is 2.40. The maximum atomic E-state index is 11.8. The summed E-state index contributed by atoms with van der Waals surface area (Å²) in [5.74, 6) is -0.0773. The van der Waals surface area contributed by atoms with Crippen LogP contribution in [-0.2, 0) is 11.3 Å². The van der Waals surface area contributed by atoms with Gasteiger partial charge in [0.1, 0.15) is 5.88 Å². The third kappa shape index (κ3) is 3.08. The Morgan fingerprint density at radius 3 is 2.53 bits per heavy atom. The minimum absolute atomic E-state index is 0.000267. The summed E-state index contributed by atoms with van der Waals surface area (Å²) in [7, 11) is 0. The number of rotatable bonds is 4. The number of amides is 1. The van der Waals surface area contributed by atoms with Gasteiger partial charge in [0.25, 0.3) is 0 Å². The summed E-state index contributed by atoms with van der Waals surface area (Å²) in [4.78, 5) is 14.7. The maximum Gasteiger partial charge on any atom is 0.242 e. The molecular weight excluding hydrogens is 254 g/mol. The highest BCUT2D eigenvalue weighted by Gasteiger charge is 2.15. The Morgan fingerprint density at radius 1 is 1.18 bits per heavy atom. The van der Waals surface area contributed by atoms with Gasteiger partial charge in [0.2, 0.25) is 5.91 Å². The Bertz CT molecular complexity index is 469. The van der Waals surface area contributed by atoms with E-state index < -0.39 is 0 Å². The zero-order valence-corrected chi connectivity index (χ0v) is 10.7. The number of thiophene rings is 1. The van der Waals surface area contributed by atoms with E-state index >= 15 is 0 Å². The number of hydrogen-bond donors (Lipinski definition) is 0. The second-order valence-electron chi connectivity index (χ2n) is 3.53. The molecule has 0 spiro atoms. The smallest absolute Gasteiger partial charge is 0.242 e. The first kappa shape index (κ1) is 12.1. The molecule has 2 aromatic rings. The number of carbonyl (C=O) groups is 1. The normalized spacial score (nSPS) is 10.2. The number of hydrogen-bond acceptors (Lipinski definition) is 2. The Kier molecular flexibility index (Phi) is 4.18. The molecule has 0 N–H and O–H groups in total. The van der Waals surface area contributed by atoms with Gasteiger partial charge >= 0.3 is 0 Å². The van der Waals surface area contributed by atoms with Gasteiger partial charge in [0.15, 0.2) is 0 Å². The van der Waals surface area contributed by atoms with Crippen molar-refractivity contribution in [3.8, 4) is 0 Å². The summed E-state index contributed by atoms with van der Waals surface area (Å²) in [6.45, 7) is 0.577. The molecule has 0 unspecified atom stereocenters. The van der Waals surface area contributed by atoms with E-state index in [4.69, 9.17) is 11.6 Å². The van der Waals surface area contributed by atoms with Gasteiger partial charge in [-0.3, -0.25) is 4.79 Å². The lowest BCUT2D eigenvalue weighted by Crippen LogP contribution is -2.30. The van der Waals surface area contributed by atoms with E-state index in [0.717, 1.165) is 10.6 Å². The van der Waals surface area contributed by atoms with E-state index in [1.165, 1.54) is 0 Å². The fourth-order valence-electron chi connectivity index (χ4n) is 1.56. The van der Waals surface area contributed by atoms with Crippen LogP contribution in [0.1, 0.15) is 4.88 Å². The first-order chi connectivity index (χ1) is 8.31. The van der Waals surface area contributed by atoms with Crippen LogP contribution < -0.4 is 4.90 Å². The highest BCUT2D eigenvalue weighted by atomic mass is 35.5. The molecule has 0 radical (unpaired) electrons. The molecule has 1 amide bonds. The SMILES string of the molecule is O=C(CCl)N(Cc1cccs1)c1ccccc1. The lowest BCUT2D eigenvalue weighted by Gasteiger charge is -2.21. The van der Waals surface area contributed by atoms with E-state index in [1.54, 1.807) is 16.2 Å². The molecule has 0 fully saturated rings. The molecular formula is C13H12ClNOS. The second-order valence-corrected chi connectivity index (χ2v) is 4.83. The minimum atomic E-state index is -0.0775. The van der Waals surface area contributed by atoms with Gasteiger partial charge < -0.3 is 4.90 Å². The molecule has 1 heterocycles. The largest absolute Gasteiger partial charge is 0.306 e. The molecule has 0 aliphatic carbocycles. The molecule has 1 aromatic heterocycles. The molecule has 0 saturated heterocycles. The van der Waals surface area contributed by atoms with Gasteiger partial charge in [-0.1, -0.05) is 24.3 Å². The second kappa shape index (κ2) is 5.84. The summed E-state index contributed by atoms with van der Waals surface area (Å²) >= 11 is 7.29. The summed E-state index contributed by atoms with van der Waals surface area (Å²) in [5, 5.41) is 2.00. The number of benzene rings is 1. The van der Waals surface area contributed by atoms with E-state index in [-0.39, 0.29) is 11.8 Å². The number of nitrogens with zero attached hydrogens (tertiary/aromatic N) is 1. The van der Waals surface area contributed by atoms with Crippen LogP contribution in [-0.4, -0.2) is 11.8 Å². The molecule has 0 atom stereocenters. The van der Waals surface area contributed by atoms with Gasteiger partial charge in [0.05, 0.1) is 6.54 Å². The summed E-state index contributed by atoms with van der Waals surface area (Å²) in [6.07, 6.45) is 0. The molecule has 1 aromatic carbocycles. The predicted octanol–water partition coefficient (Wildman–Crippen LogP) is 3.52. The molecule has 2 rings (SSSR count). The van der Waals surface area contributed by atoms with Crippen LogP contribution in [0.5, 0.6) is 0 Å². The first-order valence-electron chi connectivity index (χ1n) is 5.25. The molecule has 0 aliphatic rings. The van der Waals surface area contributed by atoms with Crippen molar-refractivity contribution in [2.75, 3.05) is 10.8 Å². The maximum absolute atomic E-state index is 11.8. The van der Waals surface area contributed by atoms with Gasteiger partial charge in [-0.05, 0) is 23.6 Å². The van der Waals surface area contributed by atoms with Crippen LogP contribution in [0.25, 0.3) is 0 Å². The van der Waals surface area contributed by atoms with Gasteiger partial charge in [-0.15, -0.1) is 22.9 Å². The number of anilines is 1. The summed E-state index contributed by atoms with van der Waals surface area (Å²) < 4.78 is 0. The summed E-state index contributed by atoms with van der Waals surface area (Å²) in [5.41, 5.74) is 0.881. The van der Waals surface area contributed by atoms with Crippen molar-refractivity contribution in [1.82, 2.24) is 0 Å². The third-order valence-corrected chi connectivity index (χ3v) is 3.47. The fraction of sp³-hybridized carbons (Fsp3) is 0.154. The molecule has 0 aliphatic heterocycles. The van der Waals surface area contributed by atoms with E-state index in [1.807, 2.05) is 47.8 Å². The Morgan fingerprint density at radius 2 is 1.94 bits per heavy atom. The highest BCUT2D eigenvalue weighted by Crippen LogP contribution is 2.19. The Balaban J connectivity index is 2.23. The molecule has 0 saturated carbocycles. The monoisotopic (exact) mass is 265 g/mol. The lowest BCUT2D eigenvalue weighted by molar-refractivity contribution is -0.116. The number of alkyl halides is 1. The van der Waals surface area contributed by atoms with E-state index in [0.29, 0.717) is 6.54 Å². The molecule has 88 valence electrons. The number of carbonyl (C=O) groups excluding carboxylic acids is 1. The Hall–Kier alpha value is -1.32. The van der Waals surface area contributed by atoms with Gasteiger partial charge in [-0.2, -0.15) is 0 Å². The van der Waals surface area contributed by atoms with Crippen LogP contribution in [0, 0.1) is 0 Å². The zero-order valence-electron chi connectivity index (χ0n) is 9.17. The summed E-state index contributed by atoms with van der Waals surface area (Å²) in [6, 6.07) is 13.6. The molecule has 2 nitrogen and oxygen atoms in total. The van der Waals surface area contributed by atoms with Crippen molar-refractivity contribution in [3.05, 3.63) is 52.7 Å². The van der Waals surface area contributed by atoms with Crippen molar-refractivity contribution in [3.63, 3.8) is 0 Å². The number of para-hydroxylation sites is 1. The quantitative estimate of drug-likeness (QED) is 0.775. The standard InChI is InChI=1S/C13H12ClNOS/c14-9-13(16)15(10-12-7-4-8-17-12)11-5-2-1-3-6-11/h1-8H,9-10H2. The average molecular weight is 266 g/mol. The van der Waals surface area contributed by atoms with Crippen LogP contribution >= 0.6 is 22.9 Å². The third-order valence-electron chi connectivity index (χ3n) is 2.38. The molecule has 4 heteroatoms. The molecule has 17 heavy (non-hydrogen) atoms. The van der Waals surface area contributed by atoms with E-state index in [2.05, 4.69) is 0 Å². The van der Waals surface area contributed by atoms with Crippen LogP contribution in [0.15, 0.2) is 47.8 Å². The average Bonchev–Trinajstić information content (AvgIpc) is 2.89. The van der Waals surface area contributed by atoms with Crippen molar-refractivity contribution in [2.45, 2.75) is 6.54 Å². The van der Waals surface area contributed by atoms with Crippen molar-refractivity contribution < 1.29 is 4.79 Å². The van der Waals surface area contributed by atoms with Crippen molar-refractivity contribution >= 4 is 34.5 Å². The molecule has 0 bridgehead atoms. The predicted molar refractivity (Wildman–Crippen MR) is 72.7 cm³/mol. The topological polar surface area (TPSA) is 20.3 Å². The van der Waals surface area contributed by atoms with Crippen molar-refractivity contribution in [2.24, 2.45) is 0 Å². The zero-order chi connectivity index (χ0) is 12.1. The highest BCUT2D eigenvalue weighted by molar-refractivity contribution is 7.09. The number of halogens is 1. The first-order valence-corrected chi connectivity index (χ1v) is 6.66. The van der Waals surface area contributed by atoms with Crippen molar-refractivity contribution in [1.29, 1.82) is 0 Å². The Labute approximate surface area is 109 Å². The van der Waals surface area contributed by atoms with Crippen LogP contribution in [0.4, 0.5) is 5.69 Å². The van der Waals surface area contributed by atoms with Gasteiger partial charge in [-0.25, -0.2) is 0 Å². The van der Waals surface area contributed by atoms with Crippen LogP contribution in [0.3, 0.4) is 0 Å². The van der Waals surface area contributed by atoms with E-state index in [9.17, 15) is 4.79 Å². The lowest BCUT2D eigenvalue weighted by atomic mass is 10.2.